The van der Waals surface area contributed by atoms with Gasteiger partial charge in [-0.3, -0.25) is 4.79 Å². The fraction of sp³-hybridized carbons (Fsp3) is 0.214. The van der Waals surface area contributed by atoms with Crippen LogP contribution in [-0.2, 0) is 7.05 Å². The number of aromatic nitrogens is 1. The van der Waals surface area contributed by atoms with Gasteiger partial charge in [0.25, 0.3) is 0 Å². The summed E-state index contributed by atoms with van der Waals surface area (Å²) >= 11 is 0. The van der Waals surface area contributed by atoms with Gasteiger partial charge in [-0.2, -0.15) is 0 Å². The molecule has 3 N–H and O–H groups in total. The van der Waals surface area contributed by atoms with Gasteiger partial charge in [-0.15, -0.1) is 0 Å². The summed E-state index contributed by atoms with van der Waals surface area (Å²) in [7, 11) is 1.66. The number of hydrogen-bond acceptors (Lipinski definition) is 4. The molecule has 1 atom stereocenters. The van der Waals surface area contributed by atoms with E-state index in [-0.39, 0.29) is 23.1 Å². The van der Waals surface area contributed by atoms with E-state index in [1.54, 1.807) is 25.4 Å². The van der Waals surface area contributed by atoms with Gasteiger partial charge in [0.05, 0.1) is 17.3 Å². The van der Waals surface area contributed by atoms with Crippen LogP contribution in [0.4, 0.5) is 5.69 Å². The largest absolute Gasteiger partial charge is 0.507 e. The number of nitrogens with zero attached hydrogens (tertiary/aromatic N) is 1. The minimum absolute atomic E-state index is 0.0322. The number of phenols is 2. The summed E-state index contributed by atoms with van der Waals surface area (Å²) in [5, 5.41) is 22.7. The topological polar surface area (TPSA) is 74.5 Å². The Kier molecular flexibility index (Phi) is 3.46. The van der Waals surface area contributed by atoms with E-state index in [0.717, 1.165) is 5.69 Å². The monoisotopic (exact) mass is 260 g/mol. The van der Waals surface area contributed by atoms with Crippen LogP contribution in [0.25, 0.3) is 0 Å². The number of pyridine rings is 1. The minimum atomic E-state index is -0.293. The van der Waals surface area contributed by atoms with Crippen molar-refractivity contribution in [3.8, 4) is 11.5 Å². The van der Waals surface area contributed by atoms with Crippen LogP contribution in [0, 0.1) is 0 Å². The molecule has 1 aromatic carbocycles. The van der Waals surface area contributed by atoms with Crippen molar-refractivity contribution in [1.82, 2.24) is 4.57 Å². The highest BCUT2D eigenvalue weighted by Gasteiger charge is 2.14. The maximum absolute atomic E-state index is 11.3. The van der Waals surface area contributed by atoms with Crippen molar-refractivity contribution in [2.45, 2.75) is 13.0 Å². The number of nitrogens with one attached hydrogen (secondary N) is 1. The highest BCUT2D eigenvalue weighted by Crippen LogP contribution is 2.33. The van der Waals surface area contributed by atoms with Crippen molar-refractivity contribution in [3.05, 3.63) is 52.4 Å². The molecule has 0 saturated heterocycles. The molecule has 2 rings (SSSR count). The van der Waals surface area contributed by atoms with Gasteiger partial charge in [0.1, 0.15) is 11.5 Å². The predicted molar refractivity (Wildman–Crippen MR) is 73.5 cm³/mol. The van der Waals surface area contributed by atoms with Crippen molar-refractivity contribution in [2.75, 3.05) is 5.32 Å². The average molecular weight is 260 g/mol. The average Bonchev–Trinajstić information content (AvgIpc) is 2.33. The SMILES string of the molecule is CC(Nc1ccc(=O)n(C)c1)c1c(O)cccc1O. The fourth-order valence-electron chi connectivity index (χ4n) is 1.99. The molecule has 0 bridgehead atoms. The zero-order chi connectivity index (χ0) is 14.0. The standard InChI is InChI=1S/C14H16N2O3/c1-9(14-11(17)4-3-5-12(14)18)15-10-6-7-13(19)16(2)8-10/h3-9,15,17-18H,1-2H3. The molecule has 0 fully saturated rings. The van der Waals surface area contributed by atoms with Gasteiger partial charge in [-0.25, -0.2) is 0 Å². The number of hydrogen-bond donors (Lipinski definition) is 3. The molecular weight excluding hydrogens is 244 g/mol. The smallest absolute Gasteiger partial charge is 0.250 e. The van der Waals surface area contributed by atoms with Gasteiger partial charge in [0, 0.05) is 19.3 Å². The number of phenolic OH excluding ortho intramolecular Hbond substituents is 2. The molecule has 0 radical (unpaired) electrons. The Morgan fingerprint density at radius 3 is 2.37 bits per heavy atom. The summed E-state index contributed by atoms with van der Waals surface area (Å²) in [5.41, 5.74) is 1.07. The maximum Gasteiger partial charge on any atom is 0.250 e. The molecule has 5 nitrogen and oxygen atoms in total. The van der Waals surface area contributed by atoms with E-state index >= 15 is 0 Å². The van der Waals surface area contributed by atoms with Gasteiger partial charge >= 0.3 is 0 Å². The van der Waals surface area contributed by atoms with Crippen LogP contribution < -0.4 is 10.9 Å². The van der Waals surface area contributed by atoms with Crippen LogP contribution in [0.2, 0.25) is 0 Å². The van der Waals surface area contributed by atoms with Crippen molar-refractivity contribution in [2.24, 2.45) is 7.05 Å². The molecular formula is C14H16N2O3. The molecule has 19 heavy (non-hydrogen) atoms. The quantitative estimate of drug-likeness (QED) is 0.788. The van der Waals surface area contributed by atoms with Crippen molar-refractivity contribution >= 4 is 5.69 Å². The first-order chi connectivity index (χ1) is 8.99. The van der Waals surface area contributed by atoms with Gasteiger partial charge in [-0.05, 0) is 25.1 Å². The molecule has 1 unspecified atom stereocenters. The Bertz CT molecular complexity index is 629. The summed E-state index contributed by atoms with van der Waals surface area (Å²) in [6, 6.07) is 7.45. The van der Waals surface area contributed by atoms with E-state index in [1.807, 2.05) is 6.92 Å². The van der Waals surface area contributed by atoms with Gasteiger partial charge in [-0.1, -0.05) is 6.07 Å². The van der Waals surface area contributed by atoms with Gasteiger partial charge in [0.15, 0.2) is 0 Å². The Balaban J connectivity index is 2.28. The Morgan fingerprint density at radius 1 is 1.16 bits per heavy atom. The van der Waals surface area contributed by atoms with Crippen LogP contribution in [0.3, 0.4) is 0 Å². The third-order valence-electron chi connectivity index (χ3n) is 2.96. The lowest BCUT2D eigenvalue weighted by molar-refractivity contribution is 0.434. The predicted octanol–water partition coefficient (Wildman–Crippen LogP) is 1.97. The molecule has 0 spiro atoms. The molecule has 100 valence electrons. The molecule has 2 aromatic rings. The third-order valence-corrected chi connectivity index (χ3v) is 2.96. The van der Waals surface area contributed by atoms with Crippen molar-refractivity contribution < 1.29 is 10.2 Å². The second kappa shape index (κ2) is 5.06. The summed E-state index contributed by atoms with van der Waals surface area (Å²) in [4.78, 5) is 11.3. The number of anilines is 1. The first-order valence-electron chi connectivity index (χ1n) is 5.93. The van der Waals surface area contributed by atoms with E-state index in [9.17, 15) is 15.0 Å². The second-order valence-electron chi connectivity index (χ2n) is 4.44. The van der Waals surface area contributed by atoms with E-state index in [4.69, 9.17) is 0 Å². The molecule has 5 heteroatoms. The Hall–Kier alpha value is -2.43. The van der Waals surface area contributed by atoms with Crippen LogP contribution in [0.15, 0.2) is 41.3 Å². The Labute approximate surface area is 110 Å². The molecule has 0 aliphatic rings. The molecule has 0 aliphatic carbocycles. The lowest BCUT2D eigenvalue weighted by Gasteiger charge is -2.18. The number of rotatable bonds is 3. The number of aromatic hydroxyl groups is 2. The van der Waals surface area contributed by atoms with Gasteiger partial charge in [0.2, 0.25) is 5.56 Å². The highest BCUT2D eigenvalue weighted by atomic mass is 16.3. The summed E-state index contributed by atoms with van der Waals surface area (Å²) in [6.07, 6.45) is 1.66. The lowest BCUT2D eigenvalue weighted by Crippen LogP contribution is -2.16. The van der Waals surface area contributed by atoms with Crippen LogP contribution in [-0.4, -0.2) is 14.8 Å². The molecule has 0 saturated carbocycles. The maximum atomic E-state index is 11.3. The minimum Gasteiger partial charge on any atom is -0.507 e. The van der Waals surface area contributed by atoms with E-state index in [0.29, 0.717) is 5.56 Å². The van der Waals surface area contributed by atoms with E-state index in [1.165, 1.54) is 22.8 Å². The molecule has 0 amide bonds. The van der Waals surface area contributed by atoms with Crippen molar-refractivity contribution in [3.63, 3.8) is 0 Å². The van der Waals surface area contributed by atoms with E-state index in [2.05, 4.69) is 5.32 Å². The molecule has 1 heterocycles. The van der Waals surface area contributed by atoms with Crippen molar-refractivity contribution in [1.29, 1.82) is 0 Å². The number of benzene rings is 1. The number of aryl methyl sites for hydroxylation is 1. The van der Waals surface area contributed by atoms with Gasteiger partial charge < -0.3 is 20.1 Å². The van der Waals surface area contributed by atoms with E-state index < -0.39 is 0 Å². The summed E-state index contributed by atoms with van der Waals surface area (Å²) < 4.78 is 1.46. The summed E-state index contributed by atoms with van der Waals surface area (Å²) in [6.45, 7) is 1.82. The fourth-order valence-corrected chi connectivity index (χ4v) is 1.99. The van der Waals surface area contributed by atoms with Crippen LogP contribution in [0.5, 0.6) is 11.5 Å². The second-order valence-corrected chi connectivity index (χ2v) is 4.44. The Morgan fingerprint density at radius 2 is 1.79 bits per heavy atom. The molecule has 0 aliphatic heterocycles. The summed E-state index contributed by atoms with van der Waals surface area (Å²) in [5.74, 6) is 0.0645. The highest BCUT2D eigenvalue weighted by molar-refractivity contribution is 5.50. The first-order valence-corrected chi connectivity index (χ1v) is 5.93. The normalized spacial score (nSPS) is 12.1. The zero-order valence-electron chi connectivity index (χ0n) is 10.8. The zero-order valence-corrected chi connectivity index (χ0v) is 10.8. The first kappa shape index (κ1) is 13.0. The lowest BCUT2D eigenvalue weighted by atomic mass is 10.1. The third kappa shape index (κ3) is 2.70. The molecule has 1 aromatic heterocycles. The van der Waals surface area contributed by atoms with Crippen LogP contribution >= 0.6 is 0 Å². The van der Waals surface area contributed by atoms with Crippen LogP contribution in [0.1, 0.15) is 18.5 Å².